The summed E-state index contributed by atoms with van der Waals surface area (Å²) in [5.74, 6) is 0.872. The number of aromatic nitrogens is 5. The smallest absolute Gasteiger partial charge is 0.224 e. The third-order valence-corrected chi connectivity index (χ3v) is 3.42. The number of carbonyl (C=O) groups excluding carboxylic acids is 1. The van der Waals surface area contributed by atoms with E-state index in [2.05, 4.69) is 25.9 Å². The summed E-state index contributed by atoms with van der Waals surface area (Å²) >= 11 is 0. The van der Waals surface area contributed by atoms with Gasteiger partial charge in [-0.1, -0.05) is 0 Å². The Morgan fingerprint density at radius 2 is 2.10 bits per heavy atom. The molecule has 0 bridgehead atoms. The lowest BCUT2D eigenvalue weighted by Gasteiger charge is -2.26. The number of hydrogen-bond acceptors (Lipinski definition) is 6. The van der Waals surface area contributed by atoms with Crippen molar-refractivity contribution in [1.29, 1.82) is 0 Å². The van der Waals surface area contributed by atoms with Gasteiger partial charge in [-0.25, -0.2) is 0 Å². The van der Waals surface area contributed by atoms with E-state index < -0.39 is 0 Å². The zero-order valence-electron chi connectivity index (χ0n) is 11.2. The van der Waals surface area contributed by atoms with Gasteiger partial charge in [0.1, 0.15) is 5.82 Å². The fourth-order valence-corrected chi connectivity index (χ4v) is 2.34. The topological polar surface area (TPSA) is 88.3 Å². The van der Waals surface area contributed by atoms with E-state index in [4.69, 9.17) is 0 Å². The number of likely N-dealkylation sites (tertiary alicyclic amines) is 1. The largest absolute Gasteiger partial charge is 0.368 e. The number of piperidine rings is 1. The highest BCUT2D eigenvalue weighted by Crippen LogP contribution is 2.10. The maximum atomic E-state index is 12.0. The number of fused-ring (bicyclic) bond motifs is 1. The van der Waals surface area contributed by atoms with Crippen LogP contribution in [0.3, 0.4) is 0 Å². The van der Waals surface area contributed by atoms with Crippen LogP contribution in [0.4, 0.5) is 5.82 Å². The van der Waals surface area contributed by atoms with Crippen molar-refractivity contribution in [2.24, 2.45) is 0 Å². The molecule has 1 N–H and O–H groups in total. The maximum absolute atomic E-state index is 12.0. The van der Waals surface area contributed by atoms with E-state index in [1.54, 1.807) is 12.1 Å². The molecule has 2 aromatic heterocycles. The summed E-state index contributed by atoms with van der Waals surface area (Å²) in [5.41, 5.74) is 0.597. The Bertz CT molecular complexity index is 590. The van der Waals surface area contributed by atoms with Crippen molar-refractivity contribution in [3.63, 3.8) is 0 Å². The minimum absolute atomic E-state index is 0.209. The summed E-state index contributed by atoms with van der Waals surface area (Å²) in [6.07, 6.45) is 3.96. The SMILES string of the molecule is O=C(CCNc1ccc2nnnn2n1)N1CCCCC1. The number of tetrazole rings is 1. The number of nitrogens with zero attached hydrogens (tertiary/aromatic N) is 6. The Kier molecular flexibility index (Phi) is 3.71. The molecular formula is C12H17N7O. The molecule has 106 valence electrons. The quantitative estimate of drug-likeness (QED) is 0.865. The van der Waals surface area contributed by atoms with E-state index in [0.717, 1.165) is 25.9 Å². The van der Waals surface area contributed by atoms with Crippen LogP contribution >= 0.6 is 0 Å². The molecule has 1 aliphatic rings. The minimum Gasteiger partial charge on any atom is -0.368 e. The first-order chi connectivity index (χ1) is 9.83. The molecule has 3 heterocycles. The van der Waals surface area contributed by atoms with Crippen molar-refractivity contribution in [1.82, 2.24) is 30.2 Å². The molecule has 20 heavy (non-hydrogen) atoms. The van der Waals surface area contributed by atoms with Crippen molar-refractivity contribution in [2.75, 3.05) is 25.0 Å². The average molecular weight is 275 g/mol. The predicted molar refractivity (Wildman–Crippen MR) is 72.1 cm³/mol. The van der Waals surface area contributed by atoms with Gasteiger partial charge in [-0.05, 0) is 41.8 Å². The molecule has 8 heteroatoms. The van der Waals surface area contributed by atoms with Gasteiger partial charge in [0.15, 0.2) is 5.65 Å². The molecule has 0 aromatic carbocycles. The maximum Gasteiger partial charge on any atom is 0.224 e. The van der Waals surface area contributed by atoms with Crippen molar-refractivity contribution >= 4 is 17.4 Å². The van der Waals surface area contributed by atoms with Crippen molar-refractivity contribution < 1.29 is 4.79 Å². The van der Waals surface area contributed by atoms with Crippen LogP contribution in [0.1, 0.15) is 25.7 Å². The molecule has 1 aliphatic heterocycles. The second kappa shape index (κ2) is 5.81. The summed E-state index contributed by atoms with van der Waals surface area (Å²) in [6.45, 7) is 2.36. The highest BCUT2D eigenvalue weighted by atomic mass is 16.2. The summed E-state index contributed by atoms with van der Waals surface area (Å²) in [7, 11) is 0. The van der Waals surface area contributed by atoms with Gasteiger partial charge in [-0.2, -0.15) is 0 Å². The fraction of sp³-hybridized carbons (Fsp3) is 0.583. The molecule has 8 nitrogen and oxygen atoms in total. The zero-order valence-corrected chi connectivity index (χ0v) is 11.2. The van der Waals surface area contributed by atoms with Gasteiger partial charge in [0, 0.05) is 26.1 Å². The lowest BCUT2D eigenvalue weighted by Crippen LogP contribution is -2.36. The Hall–Kier alpha value is -2.25. The Labute approximate surface area is 116 Å². The second-order valence-corrected chi connectivity index (χ2v) is 4.86. The molecule has 0 radical (unpaired) electrons. The molecule has 1 saturated heterocycles. The first-order valence-corrected chi connectivity index (χ1v) is 6.90. The molecule has 0 atom stereocenters. The molecular weight excluding hydrogens is 258 g/mol. The van der Waals surface area contributed by atoms with E-state index in [-0.39, 0.29) is 5.91 Å². The summed E-state index contributed by atoms with van der Waals surface area (Å²) < 4.78 is 1.36. The van der Waals surface area contributed by atoms with Gasteiger partial charge in [0.25, 0.3) is 0 Å². The Morgan fingerprint density at radius 3 is 2.95 bits per heavy atom. The number of anilines is 1. The fourth-order valence-electron chi connectivity index (χ4n) is 2.34. The number of rotatable bonds is 4. The van der Waals surface area contributed by atoms with Crippen molar-refractivity contribution in [3.05, 3.63) is 12.1 Å². The number of nitrogens with one attached hydrogen (secondary N) is 1. The predicted octanol–water partition coefficient (Wildman–Crippen LogP) is 0.334. The van der Waals surface area contributed by atoms with Crippen LogP contribution in [0.5, 0.6) is 0 Å². The van der Waals surface area contributed by atoms with Gasteiger partial charge >= 0.3 is 0 Å². The normalized spacial score (nSPS) is 15.5. The van der Waals surface area contributed by atoms with Crippen LogP contribution < -0.4 is 5.32 Å². The number of amides is 1. The van der Waals surface area contributed by atoms with Gasteiger partial charge in [0.2, 0.25) is 5.91 Å². The van der Waals surface area contributed by atoms with Gasteiger partial charge in [0.05, 0.1) is 0 Å². The third-order valence-electron chi connectivity index (χ3n) is 3.42. The van der Waals surface area contributed by atoms with Crippen molar-refractivity contribution in [2.45, 2.75) is 25.7 Å². The summed E-state index contributed by atoms with van der Waals surface area (Å²) in [5, 5.41) is 18.3. The van der Waals surface area contributed by atoms with Crippen molar-refractivity contribution in [3.8, 4) is 0 Å². The molecule has 0 saturated carbocycles. The van der Waals surface area contributed by atoms with Crippen LogP contribution in [0.25, 0.3) is 5.65 Å². The zero-order chi connectivity index (χ0) is 13.8. The van der Waals surface area contributed by atoms with Gasteiger partial charge < -0.3 is 10.2 Å². The van der Waals surface area contributed by atoms with Crippen LogP contribution in [-0.4, -0.2) is 55.7 Å². The summed E-state index contributed by atoms with van der Waals surface area (Å²) in [6, 6.07) is 3.58. The van der Waals surface area contributed by atoms with Crippen LogP contribution in [0.2, 0.25) is 0 Å². The second-order valence-electron chi connectivity index (χ2n) is 4.86. The molecule has 1 fully saturated rings. The molecule has 0 unspecified atom stereocenters. The first-order valence-electron chi connectivity index (χ1n) is 6.90. The summed E-state index contributed by atoms with van der Waals surface area (Å²) in [4.78, 5) is 13.9. The monoisotopic (exact) mass is 275 g/mol. The lowest BCUT2D eigenvalue weighted by atomic mass is 10.1. The standard InChI is InChI=1S/C12H17N7O/c20-12(18-8-2-1-3-9-18)6-7-13-10-4-5-11-14-16-17-19(11)15-10/h4-5H,1-3,6-9H2,(H,13,15). The average Bonchev–Trinajstić information content (AvgIpc) is 2.95. The van der Waals surface area contributed by atoms with Crippen LogP contribution in [0, 0.1) is 0 Å². The van der Waals surface area contributed by atoms with Gasteiger partial charge in [-0.15, -0.1) is 14.8 Å². The van der Waals surface area contributed by atoms with E-state index in [1.807, 2.05) is 4.90 Å². The molecule has 0 aliphatic carbocycles. The van der Waals surface area contributed by atoms with Gasteiger partial charge in [-0.3, -0.25) is 4.79 Å². The van der Waals surface area contributed by atoms with E-state index >= 15 is 0 Å². The van der Waals surface area contributed by atoms with Crippen LogP contribution in [-0.2, 0) is 4.79 Å². The van der Waals surface area contributed by atoms with E-state index in [1.165, 1.54) is 11.1 Å². The number of hydrogen-bond donors (Lipinski definition) is 1. The van der Waals surface area contributed by atoms with E-state index in [9.17, 15) is 4.79 Å². The highest BCUT2D eigenvalue weighted by Gasteiger charge is 2.15. The minimum atomic E-state index is 0.209. The number of carbonyl (C=O) groups is 1. The Balaban J connectivity index is 1.50. The first kappa shape index (κ1) is 12.8. The molecule has 3 rings (SSSR count). The van der Waals surface area contributed by atoms with Crippen LogP contribution in [0.15, 0.2) is 12.1 Å². The Morgan fingerprint density at radius 1 is 1.25 bits per heavy atom. The lowest BCUT2D eigenvalue weighted by molar-refractivity contribution is -0.131. The highest BCUT2D eigenvalue weighted by molar-refractivity contribution is 5.76. The molecule has 1 amide bonds. The molecule has 0 spiro atoms. The molecule has 2 aromatic rings. The van der Waals surface area contributed by atoms with E-state index in [0.29, 0.717) is 24.4 Å². The third kappa shape index (κ3) is 2.84.